The Bertz CT molecular complexity index is 1200. The summed E-state index contributed by atoms with van der Waals surface area (Å²) in [6.07, 6.45) is 2.94. The fourth-order valence-electron chi connectivity index (χ4n) is 3.43. The quantitative estimate of drug-likeness (QED) is 0.495. The van der Waals surface area contributed by atoms with Crippen LogP contribution in [0.2, 0.25) is 5.02 Å². The van der Waals surface area contributed by atoms with Crippen molar-refractivity contribution in [2.75, 3.05) is 36.2 Å². The molecule has 2 heterocycles. The third-order valence-electron chi connectivity index (χ3n) is 5.22. The van der Waals surface area contributed by atoms with Gasteiger partial charge in [0.25, 0.3) is 10.0 Å². The van der Waals surface area contributed by atoms with E-state index in [1.165, 1.54) is 24.5 Å². The highest BCUT2D eigenvalue weighted by molar-refractivity contribution is 7.92. The molecule has 0 saturated carbocycles. The Morgan fingerprint density at radius 2 is 1.64 bits per heavy atom. The number of nitrogens with one attached hydrogen (secondary N) is 2. The largest absolute Gasteiger partial charge is 0.346 e. The molecule has 1 saturated heterocycles. The van der Waals surface area contributed by atoms with E-state index in [9.17, 15) is 8.42 Å². The number of benzene rings is 2. The fourth-order valence-corrected chi connectivity index (χ4v) is 4.88. The summed E-state index contributed by atoms with van der Waals surface area (Å²) in [5.74, 6) is 0.0227. The Balaban J connectivity index is 1.30. The first kappa shape index (κ1) is 23.4. The molecule has 172 valence electrons. The van der Waals surface area contributed by atoms with Gasteiger partial charge in [0, 0.05) is 55.8 Å². The summed E-state index contributed by atoms with van der Waals surface area (Å²) in [7, 11) is -3.78. The van der Waals surface area contributed by atoms with E-state index in [1.807, 2.05) is 24.3 Å². The minimum absolute atomic E-state index is 0.0227. The van der Waals surface area contributed by atoms with Crippen molar-refractivity contribution in [1.29, 1.82) is 0 Å². The van der Waals surface area contributed by atoms with Crippen molar-refractivity contribution in [2.24, 2.45) is 0 Å². The number of thiocarbonyl (C=S) groups is 1. The summed E-state index contributed by atoms with van der Waals surface area (Å²) in [5, 5.41) is 4.59. The van der Waals surface area contributed by atoms with Crippen LogP contribution in [0.4, 0.5) is 11.6 Å². The summed E-state index contributed by atoms with van der Waals surface area (Å²) in [5.41, 5.74) is 1.84. The van der Waals surface area contributed by atoms with Crippen molar-refractivity contribution >= 4 is 50.6 Å². The van der Waals surface area contributed by atoms with E-state index in [2.05, 4.69) is 29.8 Å². The van der Waals surface area contributed by atoms with Gasteiger partial charge in [-0.15, -0.1) is 0 Å². The number of piperazine rings is 1. The minimum atomic E-state index is -3.78. The van der Waals surface area contributed by atoms with E-state index in [-0.39, 0.29) is 10.8 Å². The normalized spacial score (nSPS) is 14.6. The number of rotatable bonds is 6. The Hall–Kier alpha value is -2.79. The van der Waals surface area contributed by atoms with E-state index in [0.29, 0.717) is 10.8 Å². The van der Waals surface area contributed by atoms with Gasteiger partial charge in [0.2, 0.25) is 5.95 Å². The van der Waals surface area contributed by atoms with Gasteiger partial charge in [-0.3, -0.25) is 4.90 Å². The molecule has 3 aromatic rings. The topological polar surface area (TPSA) is 90.5 Å². The van der Waals surface area contributed by atoms with Gasteiger partial charge in [0.15, 0.2) is 5.11 Å². The molecule has 4 rings (SSSR count). The molecule has 0 bridgehead atoms. The molecule has 0 atom stereocenters. The first-order valence-electron chi connectivity index (χ1n) is 10.3. The predicted octanol–water partition coefficient (Wildman–Crippen LogP) is 3.45. The monoisotopic (exact) mass is 502 g/mol. The molecule has 0 aliphatic carbocycles. The molecular formula is C22H23ClN6O2S2. The summed E-state index contributed by atoms with van der Waals surface area (Å²) in [6.45, 7) is 4.15. The lowest BCUT2D eigenvalue weighted by atomic mass is 10.2. The van der Waals surface area contributed by atoms with E-state index in [0.717, 1.165) is 43.3 Å². The lowest BCUT2D eigenvalue weighted by molar-refractivity contribution is 0.177. The highest BCUT2D eigenvalue weighted by Gasteiger charge is 2.20. The zero-order valence-electron chi connectivity index (χ0n) is 17.7. The number of hydrogen-bond donors (Lipinski definition) is 2. The van der Waals surface area contributed by atoms with Crippen LogP contribution in [0.5, 0.6) is 0 Å². The lowest BCUT2D eigenvalue weighted by Gasteiger charge is -2.36. The highest BCUT2D eigenvalue weighted by Crippen LogP contribution is 2.19. The molecule has 0 radical (unpaired) electrons. The van der Waals surface area contributed by atoms with Crippen molar-refractivity contribution in [2.45, 2.75) is 11.4 Å². The lowest BCUT2D eigenvalue weighted by Crippen LogP contribution is -2.49. The maximum Gasteiger partial charge on any atom is 0.264 e. The average molecular weight is 503 g/mol. The molecule has 1 aliphatic heterocycles. The molecule has 2 aromatic carbocycles. The van der Waals surface area contributed by atoms with Crippen LogP contribution < -0.4 is 10.0 Å². The van der Waals surface area contributed by atoms with Crippen molar-refractivity contribution in [3.63, 3.8) is 0 Å². The molecule has 0 unspecified atom stereocenters. The smallest absolute Gasteiger partial charge is 0.264 e. The number of sulfonamides is 1. The van der Waals surface area contributed by atoms with Gasteiger partial charge < -0.3 is 10.2 Å². The first-order valence-corrected chi connectivity index (χ1v) is 12.6. The van der Waals surface area contributed by atoms with Crippen molar-refractivity contribution in [1.82, 2.24) is 19.8 Å². The van der Waals surface area contributed by atoms with E-state index < -0.39 is 10.0 Å². The summed E-state index contributed by atoms with van der Waals surface area (Å²) >= 11 is 11.8. The Kier molecular flexibility index (Phi) is 7.39. The Morgan fingerprint density at radius 1 is 0.970 bits per heavy atom. The minimum Gasteiger partial charge on any atom is -0.346 e. The van der Waals surface area contributed by atoms with E-state index in [1.54, 1.807) is 18.2 Å². The Morgan fingerprint density at radius 3 is 2.30 bits per heavy atom. The molecule has 0 spiro atoms. The molecule has 11 heteroatoms. The fraction of sp³-hybridized carbons (Fsp3) is 0.227. The number of halogens is 1. The van der Waals surface area contributed by atoms with Crippen LogP contribution in [-0.2, 0) is 16.6 Å². The third-order valence-corrected chi connectivity index (χ3v) is 7.29. The van der Waals surface area contributed by atoms with Gasteiger partial charge >= 0.3 is 0 Å². The van der Waals surface area contributed by atoms with E-state index in [4.69, 9.17) is 23.8 Å². The second kappa shape index (κ2) is 10.4. The molecule has 8 nitrogen and oxygen atoms in total. The molecule has 1 aromatic heterocycles. The molecule has 33 heavy (non-hydrogen) atoms. The molecule has 1 aliphatic rings. The van der Waals surface area contributed by atoms with Crippen molar-refractivity contribution in [3.8, 4) is 0 Å². The number of nitrogens with zero attached hydrogens (tertiary/aromatic N) is 4. The van der Waals surface area contributed by atoms with Crippen LogP contribution >= 0.6 is 23.8 Å². The maximum absolute atomic E-state index is 12.5. The average Bonchev–Trinajstić information content (AvgIpc) is 2.82. The summed E-state index contributed by atoms with van der Waals surface area (Å²) < 4.78 is 27.4. The number of anilines is 2. The van der Waals surface area contributed by atoms with Gasteiger partial charge in [-0.25, -0.2) is 23.1 Å². The zero-order valence-corrected chi connectivity index (χ0v) is 20.1. The highest BCUT2D eigenvalue weighted by atomic mass is 35.5. The van der Waals surface area contributed by atoms with Gasteiger partial charge in [0.05, 0.1) is 4.90 Å². The zero-order chi connectivity index (χ0) is 23.3. The molecule has 0 amide bonds. The predicted molar refractivity (Wildman–Crippen MR) is 134 cm³/mol. The van der Waals surface area contributed by atoms with Gasteiger partial charge in [-0.2, -0.15) is 0 Å². The third kappa shape index (κ3) is 6.17. The second-order valence-corrected chi connectivity index (χ2v) is 9.96. The maximum atomic E-state index is 12.5. The Labute approximate surface area is 203 Å². The van der Waals surface area contributed by atoms with Gasteiger partial charge in [-0.1, -0.05) is 29.8 Å². The van der Waals surface area contributed by atoms with Crippen LogP contribution in [0.25, 0.3) is 0 Å². The van der Waals surface area contributed by atoms with Gasteiger partial charge in [0.1, 0.15) is 0 Å². The van der Waals surface area contributed by atoms with Crippen molar-refractivity contribution < 1.29 is 8.42 Å². The molecule has 1 fully saturated rings. The second-order valence-electron chi connectivity index (χ2n) is 7.49. The van der Waals surface area contributed by atoms with E-state index >= 15 is 0 Å². The van der Waals surface area contributed by atoms with Gasteiger partial charge in [-0.05, 0) is 54.2 Å². The summed E-state index contributed by atoms with van der Waals surface area (Å²) in [6, 6.07) is 15.9. The first-order chi connectivity index (χ1) is 15.9. The van der Waals surface area contributed by atoms with Crippen LogP contribution in [0.15, 0.2) is 71.9 Å². The van der Waals surface area contributed by atoms with Crippen LogP contribution in [0.3, 0.4) is 0 Å². The number of aromatic nitrogens is 2. The summed E-state index contributed by atoms with van der Waals surface area (Å²) in [4.78, 5) is 12.3. The molecule has 2 N–H and O–H groups in total. The number of hydrogen-bond acceptors (Lipinski definition) is 6. The SMILES string of the molecule is O=S(=O)(Nc1ncccn1)c1ccc(NC(=S)N2CCN(Cc3ccccc3Cl)CC2)cc1. The van der Waals surface area contributed by atoms with Crippen LogP contribution in [0, 0.1) is 0 Å². The molecular weight excluding hydrogens is 480 g/mol. The standard InChI is InChI=1S/C22H23ClN6O2S2/c23-20-5-2-1-4-17(20)16-28-12-14-29(15-13-28)22(32)26-18-6-8-19(9-7-18)33(30,31)27-21-24-10-3-11-25-21/h1-11H,12-16H2,(H,26,32)(H,24,25,27). The van der Waals surface area contributed by atoms with Crippen LogP contribution in [0.1, 0.15) is 5.56 Å². The van der Waals surface area contributed by atoms with Crippen LogP contribution in [-0.4, -0.2) is 59.5 Å². The van der Waals surface area contributed by atoms with Crippen molar-refractivity contribution in [3.05, 3.63) is 77.6 Å².